The molecule has 3 N–H and O–H groups in total. The average Bonchev–Trinajstić information content (AvgIpc) is 2.48. The summed E-state index contributed by atoms with van der Waals surface area (Å²) in [5.74, 6) is 0.232. The van der Waals surface area contributed by atoms with Gasteiger partial charge in [0, 0.05) is 5.69 Å². The molecule has 4 nitrogen and oxygen atoms in total. The Kier molecular flexibility index (Phi) is 4.90. The number of aromatic hydroxyl groups is 1. The molecule has 5 heteroatoms. The minimum absolute atomic E-state index is 0.232. The Morgan fingerprint density at radius 1 is 1.05 bits per heavy atom. The lowest BCUT2D eigenvalue weighted by Crippen LogP contribution is -2.24. The monoisotopic (exact) mass is 299 g/mol. The second kappa shape index (κ2) is 6.85. The van der Waals surface area contributed by atoms with Crippen molar-refractivity contribution in [3.05, 3.63) is 59.7 Å². The predicted octanol–water partition coefficient (Wildman–Crippen LogP) is 3.41. The van der Waals surface area contributed by atoms with Crippen LogP contribution in [0.5, 0.6) is 5.75 Å². The first kappa shape index (κ1) is 15.0. The van der Waals surface area contributed by atoms with E-state index < -0.39 is 0 Å². The molecule has 0 radical (unpaired) electrons. The molecule has 0 saturated carbocycles. The lowest BCUT2D eigenvalue weighted by molar-refractivity contribution is 0.475. The maximum Gasteiger partial charge on any atom is 0.191 e. The van der Waals surface area contributed by atoms with Crippen LogP contribution in [-0.4, -0.2) is 15.9 Å². The molecule has 0 bridgehead atoms. The summed E-state index contributed by atoms with van der Waals surface area (Å²) < 4.78 is 0. The molecule has 0 aromatic heterocycles. The SMILES string of the molecule is C/C(=N\NC(=S)Nc1ccc(C)cc1)c1ccc(O)cc1. The highest BCUT2D eigenvalue weighted by Crippen LogP contribution is 2.10. The first-order valence-electron chi connectivity index (χ1n) is 6.52. The van der Waals surface area contributed by atoms with Crippen LogP contribution in [0, 0.1) is 6.92 Å². The van der Waals surface area contributed by atoms with E-state index in [1.807, 2.05) is 38.1 Å². The molecule has 0 spiro atoms. The van der Waals surface area contributed by atoms with E-state index in [0.29, 0.717) is 5.11 Å². The first-order chi connectivity index (χ1) is 10.0. The van der Waals surface area contributed by atoms with Gasteiger partial charge in [-0.3, -0.25) is 5.43 Å². The van der Waals surface area contributed by atoms with Gasteiger partial charge in [-0.25, -0.2) is 0 Å². The van der Waals surface area contributed by atoms with Crippen LogP contribution in [0.25, 0.3) is 0 Å². The Balaban J connectivity index is 1.94. The number of benzene rings is 2. The quantitative estimate of drug-likeness (QED) is 0.462. The fourth-order valence-corrected chi connectivity index (χ4v) is 1.86. The zero-order chi connectivity index (χ0) is 15.2. The van der Waals surface area contributed by atoms with Crippen LogP contribution >= 0.6 is 12.2 Å². The summed E-state index contributed by atoms with van der Waals surface area (Å²) in [6, 6.07) is 14.8. The van der Waals surface area contributed by atoms with E-state index in [1.54, 1.807) is 24.3 Å². The van der Waals surface area contributed by atoms with Crippen LogP contribution in [-0.2, 0) is 0 Å². The number of hydrogen-bond donors (Lipinski definition) is 3. The highest BCUT2D eigenvalue weighted by molar-refractivity contribution is 7.80. The minimum atomic E-state index is 0.232. The molecule has 0 unspecified atom stereocenters. The van der Waals surface area contributed by atoms with Gasteiger partial charge in [0.1, 0.15) is 5.75 Å². The van der Waals surface area contributed by atoms with Crippen LogP contribution in [0.4, 0.5) is 5.69 Å². The van der Waals surface area contributed by atoms with Crippen molar-refractivity contribution in [2.75, 3.05) is 5.32 Å². The highest BCUT2D eigenvalue weighted by atomic mass is 32.1. The highest BCUT2D eigenvalue weighted by Gasteiger charge is 1.99. The van der Waals surface area contributed by atoms with Crippen LogP contribution in [0.3, 0.4) is 0 Å². The van der Waals surface area contributed by atoms with Gasteiger partial charge in [-0.1, -0.05) is 17.7 Å². The van der Waals surface area contributed by atoms with Crippen molar-refractivity contribution in [1.29, 1.82) is 0 Å². The van der Waals surface area contributed by atoms with Gasteiger partial charge in [-0.05, 0) is 68.0 Å². The molecule has 0 heterocycles. The third-order valence-electron chi connectivity index (χ3n) is 2.92. The zero-order valence-corrected chi connectivity index (χ0v) is 12.7. The van der Waals surface area contributed by atoms with Gasteiger partial charge in [-0.15, -0.1) is 0 Å². The summed E-state index contributed by atoms with van der Waals surface area (Å²) in [7, 11) is 0. The summed E-state index contributed by atoms with van der Waals surface area (Å²) in [5.41, 5.74) is 6.61. The van der Waals surface area contributed by atoms with Crippen molar-refractivity contribution < 1.29 is 5.11 Å². The third-order valence-corrected chi connectivity index (χ3v) is 3.11. The van der Waals surface area contributed by atoms with Crippen LogP contribution < -0.4 is 10.7 Å². The minimum Gasteiger partial charge on any atom is -0.508 e. The fourth-order valence-electron chi connectivity index (χ4n) is 1.70. The van der Waals surface area contributed by atoms with Crippen molar-refractivity contribution in [2.24, 2.45) is 5.10 Å². The van der Waals surface area contributed by atoms with E-state index >= 15 is 0 Å². The number of nitrogens with zero attached hydrogens (tertiary/aromatic N) is 1. The second-order valence-corrected chi connectivity index (χ2v) is 5.08. The van der Waals surface area contributed by atoms with Gasteiger partial charge >= 0.3 is 0 Å². The van der Waals surface area contributed by atoms with E-state index in [2.05, 4.69) is 15.8 Å². The standard InChI is InChI=1S/C16H17N3OS/c1-11-3-7-14(8-4-11)17-16(21)19-18-12(2)13-5-9-15(20)10-6-13/h3-10,20H,1-2H3,(H2,17,19,21)/b18-12+. The second-order valence-electron chi connectivity index (χ2n) is 4.68. The molecular weight excluding hydrogens is 282 g/mol. The van der Waals surface area contributed by atoms with Crippen molar-refractivity contribution in [2.45, 2.75) is 13.8 Å². The maximum atomic E-state index is 9.25. The molecule has 2 aromatic carbocycles. The number of thiocarbonyl (C=S) groups is 1. The van der Waals surface area contributed by atoms with Gasteiger partial charge in [0.25, 0.3) is 0 Å². The number of anilines is 1. The van der Waals surface area contributed by atoms with E-state index in [1.165, 1.54) is 5.56 Å². The van der Waals surface area contributed by atoms with Crippen molar-refractivity contribution >= 4 is 28.7 Å². The summed E-state index contributed by atoms with van der Waals surface area (Å²) in [4.78, 5) is 0. The lowest BCUT2D eigenvalue weighted by Gasteiger charge is -2.08. The van der Waals surface area contributed by atoms with Gasteiger partial charge in [0.15, 0.2) is 5.11 Å². The zero-order valence-electron chi connectivity index (χ0n) is 11.9. The summed E-state index contributed by atoms with van der Waals surface area (Å²) >= 11 is 5.19. The maximum absolute atomic E-state index is 9.25. The number of phenolic OH excluding ortho intramolecular Hbond substituents is 1. The van der Waals surface area contributed by atoms with Crippen LogP contribution in [0.1, 0.15) is 18.1 Å². The van der Waals surface area contributed by atoms with Crippen LogP contribution in [0.15, 0.2) is 53.6 Å². The molecule has 0 aliphatic heterocycles. The third kappa shape index (κ3) is 4.57. The Labute approximate surface area is 129 Å². The Hall–Kier alpha value is -2.40. The van der Waals surface area contributed by atoms with Gasteiger partial charge in [0.05, 0.1) is 5.71 Å². The molecule has 0 atom stereocenters. The number of hydrogen-bond acceptors (Lipinski definition) is 3. The number of rotatable bonds is 3. The van der Waals surface area contributed by atoms with E-state index in [0.717, 1.165) is 17.0 Å². The van der Waals surface area contributed by atoms with E-state index in [4.69, 9.17) is 12.2 Å². The van der Waals surface area contributed by atoms with Crippen LogP contribution in [0.2, 0.25) is 0 Å². The Morgan fingerprint density at radius 3 is 2.29 bits per heavy atom. The van der Waals surface area contributed by atoms with Gasteiger partial charge in [0.2, 0.25) is 0 Å². The molecule has 0 amide bonds. The molecule has 0 aliphatic rings. The summed E-state index contributed by atoms with van der Waals surface area (Å²) in [6.45, 7) is 3.90. The molecular formula is C16H17N3OS. The van der Waals surface area contributed by atoms with Crippen molar-refractivity contribution in [3.8, 4) is 5.75 Å². The summed E-state index contributed by atoms with van der Waals surface area (Å²) in [6.07, 6.45) is 0. The van der Waals surface area contributed by atoms with Gasteiger partial charge in [-0.2, -0.15) is 5.10 Å². The topological polar surface area (TPSA) is 56.7 Å². The Morgan fingerprint density at radius 2 is 1.67 bits per heavy atom. The number of phenols is 1. The molecule has 0 aliphatic carbocycles. The smallest absolute Gasteiger partial charge is 0.191 e. The molecule has 108 valence electrons. The number of hydrazone groups is 1. The summed E-state index contributed by atoms with van der Waals surface area (Å²) in [5, 5.41) is 17.0. The van der Waals surface area contributed by atoms with Crippen molar-refractivity contribution in [3.63, 3.8) is 0 Å². The fraction of sp³-hybridized carbons (Fsp3) is 0.125. The molecule has 2 rings (SSSR count). The average molecular weight is 299 g/mol. The lowest BCUT2D eigenvalue weighted by atomic mass is 10.1. The van der Waals surface area contributed by atoms with Crippen molar-refractivity contribution in [1.82, 2.24) is 5.43 Å². The molecule has 0 saturated heterocycles. The predicted molar refractivity (Wildman–Crippen MR) is 90.9 cm³/mol. The number of nitrogens with one attached hydrogen (secondary N) is 2. The van der Waals surface area contributed by atoms with Gasteiger partial charge < -0.3 is 10.4 Å². The normalized spacial score (nSPS) is 11.0. The molecule has 0 fully saturated rings. The molecule has 2 aromatic rings. The molecule has 21 heavy (non-hydrogen) atoms. The largest absolute Gasteiger partial charge is 0.508 e. The van der Waals surface area contributed by atoms with E-state index in [9.17, 15) is 5.11 Å². The van der Waals surface area contributed by atoms with E-state index in [-0.39, 0.29) is 5.75 Å². The first-order valence-corrected chi connectivity index (χ1v) is 6.93. The number of aryl methyl sites for hydroxylation is 1. The Bertz CT molecular complexity index is 648.